The maximum Gasteiger partial charge on any atom is 0.241 e. The van der Waals surface area contributed by atoms with Gasteiger partial charge in [0.1, 0.15) is 5.82 Å². The van der Waals surface area contributed by atoms with Crippen LogP contribution in [0.1, 0.15) is 38.1 Å². The lowest BCUT2D eigenvalue weighted by molar-refractivity contribution is -0.136. The third-order valence-corrected chi connectivity index (χ3v) is 5.89. The van der Waals surface area contributed by atoms with Crippen LogP contribution in [0.2, 0.25) is 0 Å². The predicted molar refractivity (Wildman–Crippen MR) is 113 cm³/mol. The third kappa shape index (κ3) is 4.38. The summed E-state index contributed by atoms with van der Waals surface area (Å²) >= 11 is 1.70. The number of hydrogen-bond acceptors (Lipinski definition) is 4. The molecule has 0 bridgehead atoms. The summed E-state index contributed by atoms with van der Waals surface area (Å²) in [6, 6.07) is 10.2. The molecule has 5 nitrogen and oxygen atoms in total. The van der Waals surface area contributed by atoms with Crippen molar-refractivity contribution in [3.63, 3.8) is 0 Å². The monoisotopic (exact) mass is 386 g/mol. The molecule has 1 N–H and O–H groups in total. The first kappa shape index (κ1) is 20.0. The second-order valence-electron chi connectivity index (χ2n) is 7.03. The highest BCUT2D eigenvalue weighted by Gasteiger charge is 2.35. The fraction of sp³-hybridized carbons (Fsp3) is 0.524. The van der Waals surface area contributed by atoms with Gasteiger partial charge < -0.3 is 14.8 Å². The lowest BCUT2D eigenvalue weighted by Gasteiger charge is -2.38. The molecule has 6 heteroatoms. The fourth-order valence-corrected chi connectivity index (χ4v) is 4.37. The zero-order valence-electron chi connectivity index (χ0n) is 16.5. The van der Waals surface area contributed by atoms with Crippen molar-refractivity contribution in [1.82, 2.24) is 19.8 Å². The van der Waals surface area contributed by atoms with Gasteiger partial charge in [-0.3, -0.25) is 4.79 Å². The van der Waals surface area contributed by atoms with E-state index in [0.717, 1.165) is 55.2 Å². The van der Waals surface area contributed by atoms with E-state index in [1.807, 2.05) is 31.5 Å². The molecule has 0 radical (unpaired) electrons. The Hall–Kier alpha value is -1.79. The van der Waals surface area contributed by atoms with Crippen LogP contribution < -0.4 is 5.32 Å². The molecule has 0 spiro atoms. The number of imidazole rings is 1. The Balaban J connectivity index is 1.91. The van der Waals surface area contributed by atoms with Gasteiger partial charge in [0.05, 0.1) is 17.8 Å². The number of carbonyl (C=O) groups excluding carboxylic acids is 1. The molecule has 2 heterocycles. The second-order valence-corrected chi connectivity index (χ2v) is 7.94. The van der Waals surface area contributed by atoms with E-state index in [0.29, 0.717) is 0 Å². The van der Waals surface area contributed by atoms with Crippen LogP contribution in [0.5, 0.6) is 0 Å². The number of thioether (sulfide) groups is 1. The van der Waals surface area contributed by atoms with E-state index >= 15 is 0 Å². The van der Waals surface area contributed by atoms with Crippen molar-refractivity contribution >= 4 is 17.7 Å². The Morgan fingerprint density at radius 1 is 1.33 bits per heavy atom. The normalized spacial score (nSPS) is 17.6. The number of benzene rings is 1. The molecule has 0 aliphatic carbocycles. The molecular weight excluding hydrogens is 356 g/mol. The maximum atomic E-state index is 13.2. The Morgan fingerprint density at radius 3 is 2.78 bits per heavy atom. The van der Waals surface area contributed by atoms with Crippen LogP contribution in [-0.4, -0.2) is 52.0 Å². The average molecular weight is 387 g/mol. The molecule has 1 amide bonds. The van der Waals surface area contributed by atoms with Crippen LogP contribution in [0.25, 0.3) is 11.3 Å². The SMILES string of the molecule is CCCC[C@H]1c2nc(-c3ccccc3)cn2CCN1C(=O)[C@H](CSC)NC. The highest BCUT2D eigenvalue weighted by molar-refractivity contribution is 7.98. The van der Waals surface area contributed by atoms with Crippen LogP contribution in [0.15, 0.2) is 36.5 Å². The Bertz CT molecular complexity index is 746. The topological polar surface area (TPSA) is 50.2 Å². The number of unbranched alkanes of at least 4 members (excludes halogenated alkanes) is 1. The second kappa shape index (κ2) is 9.42. The van der Waals surface area contributed by atoms with E-state index in [1.165, 1.54) is 0 Å². The number of hydrogen-bond donors (Lipinski definition) is 1. The molecule has 1 aliphatic rings. The quantitative estimate of drug-likeness (QED) is 0.753. The largest absolute Gasteiger partial charge is 0.331 e. The van der Waals surface area contributed by atoms with Crippen molar-refractivity contribution in [1.29, 1.82) is 0 Å². The molecule has 0 saturated heterocycles. The molecule has 3 rings (SSSR count). The average Bonchev–Trinajstić information content (AvgIpc) is 3.15. The van der Waals surface area contributed by atoms with Gasteiger partial charge in [0.2, 0.25) is 5.91 Å². The number of likely N-dealkylation sites (N-methyl/N-ethyl adjacent to an activating group) is 1. The number of nitrogens with zero attached hydrogens (tertiary/aromatic N) is 3. The van der Waals surface area contributed by atoms with E-state index in [4.69, 9.17) is 4.98 Å². The summed E-state index contributed by atoms with van der Waals surface area (Å²) in [5.74, 6) is 2.01. The van der Waals surface area contributed by atoms with Gasteiger partial charge in [0.25, 0.3) is 0 Å². The van der Waals surface area contributed by atoms with E-state index < -0.39 is 0 Å². The number of rotatable bonds is 8. The van der Waals surface area contributed by atoms with Crippen LogP contribution in [0.4, 0.5) is 0 Å². The molecule has 0 saturated carbocycles. The molecule has 2 atom stereocenters. The minimum Gasteiger partial charge on any atom is -0.331 e. The highest BCUT2D eigenvalue weighted by Crippen LogP contribution is 2.32. The molecular formula is C21H30N4OS. The molecule has 0 fully saturated rings. The molecule has 146 valence electrons. The van der Waals surface area contributed by atoms with Crippen molar-refractivity contribution in [3.05, 3.63) is 42.4 Å². The van der Waals surface area contributed by atoms with Gasteiger partial charge >= 0.3 is 0 Å². The van der Waals surface area contributed by atoms with Gasteiger partial charge in [0, 0.05) is 30.6 Å². The fourth-order valence-electron chi connectivity index (χ4n) is 3.73. The predicted octanol–water partition coefficient (Wildman–Crippen LogP) is 3.57. The van der Waals surface area contributed by atoms with Gasteiger partial charge in [0.15, 0.2) is 0 Å². The summed E-state index contributed by atoms with van der Waals surface area (Å²) in [7, 11) is 1.87. The molecule has 1 aromatic heterocycles. The van der Waals surface area contributed by atoms with Crippen molar-refractivity contribution in [2.75, 3.05) is 25.6 Å². The zero-order chi connectivity index (χ0) is 19.2. The summed E-state index contributed by atoms with van der Waals surface area (Å²) in [4.78, 5) is 20.2. The molecule has 1 aromatic carbocycles. The molecule has 0 unspecified atom stereocenters. The number of nitrogens with one attached hydrogen (secondary N) is 1. The highest BCUT2D eigenvalue weighted by atomic mass is 32.2. The first-order valence-electron chi connectivity index (χ1n) is 9.78. The van der Waals surface area contributed by atoms with Crippen LogP contribution >= 0.6 is 11.8 Å². The third-order valence-electron chi connectivity index (χ3n) is 5.23. The summed E-state index contributed by atoms with van der Waals surface area (Å²) in [6.45, 7) is 3.75. The summed E-state index contributed by atoms with van der Waals surface area (Å²) in [5.41, 5.74) is 2.12. The Kier molecular flexibility index (Phi) is 6.96. The number of aromatic nitrogens is 2. The van der Waals surface area contributed by atoms with Gasteiger partial charge in [-0.15, -0.1) is 0 Å². The van der Waals surface area contributed by atoms with Crippen molar-refractivity contribution < 1.29 is 4.79 Å². The molecule has 2 aromatic rings. The number of fused-ring (bicyclic) bond motifs is 1. The molecule has 1 aliphatic heterocycles. The lowest BCUT2D eigenvalue weighted by Crippen LogP contribution is -2.51. The zero-order valence-corrected chi connectivity index (χ0v) is 17.3. The first-order valence-corrected chi connectivity index (χ1v) is 11.2. The van der Waals surface area contributed by atoms with Gasteiger partial charge in [-0.1, -0.05) is 50.1 Å². The standard InChI is InChI=1S/C21H30N4OS/c1-4-5-11-19-20-23-17(16-9-7-6-8-10-16)14-24(20)12-13-25(19)21(26)18(22-2)15-27-3/h6-10,14,18-19,22H,4-5,11-13,15H2,1-3H3/t18-,19-/m0/s1. The molecule has 27 heavy (non-hydrogen) atoms. The van der Waals surface area contributed by atoms with E-state index in [1.54, 1.807) is 11.8 Å². The van der Waals surface area contributed by atoms with Crippen molar-refractivity contribution in [2.24, 2.45) is 0 Å². The van der Waals surface area contributed by atoms with Crippen molar-refractivity contribution in [3.8, 4) is 11.3 Å². The summed E-state index contributed by atoms with van der Waals surface area (Å²) < 4.78 is 2.25. The minimum atomic E-state index is -0.140. The smallest absolute Gasteiger partial charge is 0.241 e. The van der Waals surface area contributed by atoms with Crippen molar-refractivity contribution in [2.45, 2.75) is 44.8 Å². The van der Waals surface area contributed by atoms with Gasteiger partial charge in [-0.2, -0.15) is 11.8 Å². The maximum absolute atomic E-state index is 13.2. The van der Waals surface area contributed by atoms with Crippen LogP contribution in [0.3, 0.4) is 0 Å². The summed E-state index contributed by atoms with van der Waals surface area (Å²) in [5, 5.41) is 3.19. The lowest BCUT2D eigenvalue weighted by atomic mass is 10.0. The Morgan fingerprint density at radius 2 is 2.11 bits per heavy atom. The number of amides is 1. The van der Waals surface area contributed by atoms with Gasteiger partial charge in [-0.25, -0.2) is 4.98 Å². The van der Waals surface area contributed by atoms with Gasteiger partial charge in [-0.05, 0) is 19.7 Å². The first-order chi connectivity index (χ1) is 13.2. The van der Waals surface area contributed by atoms with Crippen LogP contribution in [0, 0.1) is 0 Å². The number of carbonyl (C=O) groups is 1. The van der Waals surface area contributed by atoms with E-state index in [-0.39, 0.29) is 18.0 Å². The van der Waals surface area contributed by atoms with E-state index in [9.17, 15) is 4.79 Å². The van der Waals surface area contributed by atoms with Crippen LogP contribution in [-0.2, 0) is 11.3 Å². The van der Waals surface area contributed by atoms with E-state index in [2.05, 4.69) is 40.0 Å². The summed E-state index contributed by atoms with van der Waals surface area (Å²) in [6.07, 6.45) is 7.35. The Labute approximate surface area is 166 Å². The minimum absolute atomic E-state index is 0.0568.